The first-order valence-corrected chi connectivity index (χ1v) is 8.66. The number of esters is 1. The van der Waals surface area contributed by atoms with Crippen LogP contribution in [0, 0.1) is 5.82 Å². The first-order valence-electron chi connectivity index (χ1n) is 7.91. The smallest absolute Gasteiger partial charge is 0.340 e. The minimum absolute atomic E-state index is 0.0118. The van der Waals surface area contributed by atoms with Crippen molar-refractivity contribution in [3.8, 4) is 0 Å². The SMILES string of the molecule is COC(=O)C1=C(C)N(c2ccccc2Cl)C(=O)/C1=C\c1c(F)cccc1Cl. The molecule has 0 N–H and O–H groups in total. The second-order valence-electron chi connectivity index (χ2n) is 5.74. The molecule has 0 fully saturated rings. The third-order valence-corrected chi connectivity index (χ3v) is 4.82. The lowest BCUT2D eigenvalue weighted by molar-refractivity contribution is -0.136. The molecular formula is C20H14Cl2FNO3. The van der Waals surface area contributed by atoms with Crippen molar-refractivity contribution < 1.29 is 18.7 Å². The zero-order chi connectivity index (χ0) is 19.7. The van der Waals surface area contributed by atoms with E-state index in [1.807, 2.05) is 0 Å². The molecule has 0 unspecified atom stereocenters. The van der Waals surface area contributed by atoms with Gasteiger partial charge in [0.1, 0.15) is 5.82 Å². The molecule has 4 nitrogen and oxygen atoms in total. The van der Waals surface area contributed by atoms with E-state index in [1.54, 1.807) is 31.2 Å². The molecule has 138 valence electrons. The van der Waals surface area contributed by atoms with Crippen LogP contribution < -0.4 is 4.90 Å². The molecule has 0 saturated heterocycles. The Kier molecular flexibility index (Phi) is 5.35. The second-order valence-corrected chi connectivity index (χ2v) is 6.55. The number of benzene rings is 2. The number of ether oxygens (including phenoxy) is 1. The molecule has 27 heavy (non-hydrogen) atoms. The topological polar surface area (TPSA) is 46.6 Å². The molecule has 0 bridgehead atoms. The Morgan fingerprint density at radius 3 is 2.41 bits per heavy atom. The molecule has 2 aromatic carbocycles. The standard InChI is InChI=1S/C20H14Cl2FNO3/c1-11-18(20(26)27-2)13(10-12-14(21)7-5-8-16(12)23)19(25)24(11)17-9-4-3-6-15(17)22/h3-10H,1-2H3/b13-10-. The Morgan fingerprint density at radius 1 is 1.11 bits per heavy atom. The largest absolute Gasteiger partial charge is 0.465 e. The summed E-state index contributed by atoms with van der Waals surface area (Å²) >= 11 is 12.3. The average molecular weight is 406 g/mol. The maximum absolute atomic E-state index is 14.2. The van der Waals surface area contributed by atoms with Crippen molar-refractivity contribution in [2.24, 2.45) is 0 Å². The predicted molar refractivity (Wildman–Crippen MR) is 103 cm³/mol. The molecule has 7 heteroatoms. The monoisotopic (exact) mass is 405 g/mol. The average Bonchev–Trinajstić information content (AvgIpc) is 2.88. The zero-order valence-corrected chi connectivity index (χ0v) is 15.9. The van der Waals surface area contributed by atoms with Gasteiger partial charge in [0.05, 0.1) is 34.0 Å². The van der Waals surface area contributed by atoms with Crippen LogP contribution in [0.4, 0.5) is 10.1 Å². The maximum Gasteiger partial charge on any atom is 0.340 e. The van der Waals surface area contributed by atoms with Crippen LogP contribution in [0.5, 0.6) is 0 Å². The van der Waals surface area contributed by atoms with Gasteiger partial charge >= 0.3 is 5.97 Å². The van der Waals surface area contributed by atoms with E-state index in [1.165, 1.54) is 36.3 Å². The van der Waals surface area contributed by atoms with Gasteiger partial charge in [-0.3, -0.25) is 9.69 Å². The molecule has 3 rings (SSSR count). The number of methoxy groups -OCH3 is 1. The summed E-state index contributed by atoms with van der Waals surface area (Å²) in [6.07, 6.45) is 1.26. The van der Waals surface area contributed by atoms with E-state index in [0.29, 0.717) is 16.4 Å². The highest BCUT2D eigenvalue weighted by atomic mass is 35.5. The van der Waals surface area contributed by atoms with E-state index in [-0.39, 0.29) is 21.7 Å². The van der Waals surface area contributed by atoms with E-state index in [2.05, 4.69) is 0 Å². The summed E-state index contributed by atoms with van der Waals surface area (Å²) in [5.41, 5.74) is 0.760. The Bertz CT molecular complexity index is 994. The van der Waals surface area contributed by atoms with E-state index in [0.717, 1.165) is 0 Å². The normalized spacial score (nSPS) is 15.7. The molecule has 1 aliphatic heterocycles. The van der Waals surface area contributed by atoms with Gasteiger partial charge in [-0.15, -0.1) is 0 Å². The number of amides is 1. The lowest BCUT2D eigenvalue weighted by Gasteiger charge is -2.19. The van der Waals surface area contributed by atoms with Crippen molar-refractivity contribution in [3.63, 3.8) is 0 Å². The summed E-state index contributed by atoms with van der Waals surface area (Å²) in [6.45, 7) is 1.59. The van der Waals surface area contributed by atoms with Crippen molar-refractivity contribution in [1.82, 2.24) is 0 Å². The first kappa shape index (κ1) is 19.1. The molecule has 0 aromatic heterocycles. The van der Waals surface area contributed by atoms with Gasteiger partial charge in [0, 0.05) is 11.3 Å². The van der Waals surface area contributed by atoms with Crippen molar-refractivity contribution in [2.75, 3.05) is 12.0 Å². The van der Waals surface area contributed by atoms with Crippen LogP contribution in [0.15, 0.2) is 59.3 Å². The van der Waals surface area contributed by atoms with Gasteiger partial charge in [-0.1, -0.05) is 41.4 Å². The second kappa shape index (κ2) is 7.55. The Balaban J connectivity index is 2.23. The molecule has 0 saturated carbocycles. The van der Waals surface area contributed by atoms with E-state index < -0.39 is 17.7 Å². The number of para-hydroxylation sites is 1. The Hall–Kier alpha value is -2.63. The fraction of sp³-hybridized carbons (Fsp3) is 0.100. The van der Waals surface area contributed by atoms with E-state index in [4.69, 9.17) is 27.9 Å². The lowest BCUT2D eigenvalue weighted by atomic mass is 10.0. The summed E-state index contributed by atoms with van der Waals surface area (Å²) < 4.78 is 19.0. The van der Waals surface area contributed by atoms with Gasteiger partial charge in [0.15, 0.2) is 0 Å². The van der Waals surface area contributed by atoms with Crippen LogP contribution in [0.25, 0.3) is 6.08 Å². The van der Waals surface area contributed by atoms with Gasteiger partial charge in [0.25, 0.3) is 5.91 Å². The van der Waals surface area contributed by atoms with Crippen molar-refractivity contribution in [2.45, 2.75) is 6.92 Å². The summed E-state index contributed by atoms with van der Waals surface area (Å²) in [4.78, 5) is 26.8. The molecule has 0 aliphatic carbocycles. The third-order valence-electron chi connectivity index (χ3n) is 4.17. The minimum atomic E-state index is -0.714. The Morgan fingerprint density at radius 2 is 1.78 bits per heavy atom. The summed E-state index contributed by atoms with van der Waals surface area (Å²) in [5, 5.41) is 0.452. The predicted octanol–water partition coefficient (Wildman–Crippen LogP) is 5.01. The number of hydrogen-bond donors (Lipinski definition) is 0. The number of rotatable bonds is 3. The van der Waals surface area contributed by atoms with Crippen LogP contribution in [0.1, 0.15) is 12.5 Å². The molecule has 1 amide bonds. The van der Waals surface area contributed by atoms with Crippen LogP contribution >= 0.6 is 23.2 Å². The minimum Gasteiger partial charge on any atom is -0.465 e. The number of halogens is 3. The summed E-state index contributed by atoms with van der Waals surface area (Å²) in [6, 6.07) is 10.9. The fourth-order valence-corrected chi connectivity index (χ4v) is 3.33. The number of carbonyl (C=O) groups is 2. The number of nitrogens with zero attached hydrogens (tertiary/aromatic N) is 1. The summed E-state index contributed by atoms with van der Waals surface area (Å²) in [5.74, 6) is -1.85. The quantitative estimate of drug-likeness (QED) is 0.532. The fourth-order valence-electron chi connectivity index (χ4n) is 2.90. The molecule has 1 aliphatic rings. The van der Waals surface area contributed by atoms with Gasteiger partial charge in [-0.05, 0) is 37.3 Å². The number of hydrogen-bond acceptors (Lipinski definition) is 3. The van der Waals surface area contributed by atoms with E-state index in [9.17, 15) is 14.0 Å². The number of allylic oxidation sites excluding steroid dienone is 1. The molecule has 0 atom stereocenters. The molecular weight excluding hydrogens is 392 g/mol. The van der Waals surface area contributed by atoms with Crippen LogP contribution in [0.2, 0.25) is 10.0 Å². The molecule has 0 radical (unpaired) electrons. The molecule has 0 spiro atoms. The van der Waals surface area contributed by atoms with Crippen LogP contribution in [-0.4, -0.2) is 19.0 Å². The number of carbonyl (C=O) groups excluding carboxylic acids is 2. The molecule has 1 heterocycles. The maximum atomic E-state index is 14.2. The highest BCUT2D eigenvalue weighted by Gasteiger charge is 2.38. The van der Waals surface area contributed by atoms with Crippen molar-refractivity contribution >= 4 is 46.8 Å². The third kappa shape index (κ3) is 3.36. The van der Waals surface area contributed by atoms with Crippen molar-refractivity contribution in [3.05, 3.63) is 80.7 Å². The number of anilines is 1. The highest BCUT2D eigenvalue weighted by molar-refractivity contribution is 6.35. The lowest BCUT2D eigenvalue weighted by Crippen LogP contribution is -2.24. The zero-order valence-electron chi connectivity index (χ0n) is 14.4. The van der Waals surface area contributed by atoms with Gasteiger partial charge in [-0.2, -0.15) is 0 Å². The Labute approximate surface area is 165 Å². The van der Waals surface area contributed by atoms with Gasteiger partial charge < -0.3 is 4.74 Å². The van der Waals surface area contributed by atoms with Gasteiger partial charge in [0.2, 0.25) is 0 Å². The first-order chi connectivity index (χ1) is 12.9. The van der Waals surface area contributed by atoms with E-state index >= 15 is 0 Å². The van der Waals surface area contributed by atoms with Crippen LogP contribution in [0.3, 0.4) is 0 Å². The van der Waals surface area contributed by atoms with Crippen LogP contribution in [-0.2, 0) is 14.3 Å². The summed E-state index contributed by atoms with van der Waals surface area (Å²) in [7, 11) is 1.21. The molecule has 2 aromatic rings. The van der Waals surface area contributed by atoms with Gasteiger partial charge in [-0.25, -0.2) is 9.18 Å². The highest BCUT2D eigenvalue weighted by Crippen LogP contribution is 2.39. The van der Waals surface area contributed by atoms with Crippen molar-refractivity contribution in [1.29, 1.82) is 0 Å².